The van der Waals surface area contributed by atoms with Crippen LogP contribution < -0.4 is 4.74 Å². The Morgan fingerprint density at radius 2 is 1.85 bits per heavy atom. The number of benzene rings is 2. The smallest absolute Gasteiger partial charge is 0.337 e. The first-order valence-electron chi connectivity index (χ1n) is 7.99. The highest BCUT2D eigenvalue weighted by molar-refractivity contribution is 6.28. The normalized spacial score (nSPS) is 10.7. The molecule has 7 nitrogen and oxygen atoms in total. The van der Waals surface area contributed by atoms with Crippen molar-refractivity contribution in [1.29, 1.82) is 0 Å². The zero-order valence-corrected chi connectivity index (χ0v) is 14.9. The molecule has 0 aliphatic carbocycles. The maximum Gasteiger partial charge on any atom is 0.337 e. The number of carbonyl (C=O) groups excluding carboxylic acids is 1. The van der Waals surface area contributed by atoms with E-state index in [4.69, 9.17) is 21.1 Å². The van der Waals surface area contributed by atoms with Gasteiger partial charge in [-0.2, -0.15) is 4.52 Å². The van der Waals surface area contributed by atoms with Gasteiger partial charge in [-0.25, -0.2) is 4.79 Å². The molecule has 134 valence electrons. The van der Waals surface area contributed by atoms with Crippen molar-refractivity contribution in [3.8, 4) is 22.8 Å². The third-order valence-electron chi connectivity index (χ3n) is 3.90. The first-order valence-corrected chi connectivity index (χ1v) is 8.37. The fraction of sp³-hybridized carbons (Fsp3) is 0.0526. The average molecular weight is 381 g/mol. The molecule has 0 bridgehead atoms. The third-order valence-corrected chi connectivity index (χ3v) is 4.14. The molecule has 0 saturated heterocycles. The van der Waals surface area contributed by atoms with Gasteiger partial charge in [0, 0.05) is 11.6 Å². The van der Waals surface area contributed by atoms with Crippen LogP contribution in [0.5, 0.6) is 11.6 Å². The summed E-state index contributed by atoms with van der Waals surface area (Å²) in [4.78, 5) is 11.9. The molecular formula is C19H13ClN4O3. The van der Waals surface area contributed by atoms with Crippen molar-refractivity contribution in [1.82, 2.24) is 19.8 Å². The van der Waals surface area contributed by atoms with E-state index in [0.29, 0.717) is 17.0 Å². The summed E-state index contributed by atoms with van der Waals surface area (Å²) >= 11 is 5.97. The van der Waals surface area contributed by atoms with Crippen molar-refractivity contribution in [2.75, 3.05) is 7.11 Å². The summed E-state index contributed by atoms with van der Waals surface area (Å²) in [6.07, 6.45) is 0. The molecule has 0 fully saturated rings. The number of esters is 1. The lowest BCUT2D eigenvalue weighted by Crippen LogP contribution is -2.02. The monoisotopic (exact) mass is 380 g/mol. The number of methoxy groups -OCH3 is 1. The minimum Gasteiger partial charge on any atom is -0.465 e. The van der Waals surface area contributed by atoms with E-state index < -0.39 is 5.97 Å². The van der Waals surface area contributed by atoms with E-state index in [1.807, 2.05) is 30.3 Å². The summed E-state index contributed by atoms with van der Waals surface area (Å²) in [7, 11) is 1.33. The number of hydrogen-bond acceptors (Lipinski definition) is 6. The molecular weight excluding hydrogens is 368 g/mol. The van der Waals surface area contributed by atoms with Crippen molar-refractivity contribution in [3.63, 3.8) is 0 Å². The second-order valence-corrected chi connectivity index (χ2v) is 5.92. The molecule has 2 aromatic carbocycles. The van der Waals surface area contributed by atoms with Crippen LogP contribution in [0.4, 0.5) is 0 Å². The van der Waals surface area contributed by atoms with Crippen LogP contribution in [0.1, 0.15) is 10.4 Å². The molecule has 0 unspecified atom stereocenters. The molecule has 4 aromatic rings. The van der Waals surface area contributed by atoms with Crippen LogP contribution in [-0.4, -0.2) is 32.9 Å². The van der Waals surface area contributed by atoms with Gasteiger partial charge in [0.05, 0.1) is 12.7 Å². The van der Waals surface area contributed by atoms with Crippen LogP contribution >= 0.6 is 11.6 Å². The number of hydrogen-bond donors (Lipinski definition) is 0. The summed E-state index contributed by atoms with van der Waals surface area (Å²) in [6.45, 7) is 0. The van der Waals surface area contributed by atoms with Crippen LogP contribution in [0, 0.1) is 0 Å². The molecule has 0 atom stereocenters. The quantitative estimate of drug-likeness (QED) is 0.497. The molecule has 0 N–H and O–H groups in total. The van der Waals surface area contributed by atoms with Gasteiger partial charge < -0.3 is 9.47 Å². The lowest BCUT2D eigenvalue weighted by Gasteiger charge is -2.12. The van der Waals surface area contributed by atoms with Crippen LogP contribution in [-0.2, 0) is 4.74 Å². The Kier molecular flexibility index (Phi) is 4.43. The Morgan fingerprint density at radius 3 is 2.63 bits per heavy atom. The second kappa shape index (κ2) is 7.05. The van der Waals surface area contributed by atoms with Gasteiger partial charge in [0.1, 0.15) is 5.75 Å². The first-order chi connectivity index (χ1) is 13.2. The number of rotatable bonds is 4. The Bertz CT molecular complexity index is 1130. The lowest BCUT2D eigenvalue weighted by molar-refractivity contribution is 0.0600. The van der Waals surface area contributed by atoms with Gasteiger partial charge >= 0.3 is 5.97 Å². The number of aromatic nitrogens is 4. The Labute approximate surface area is 159 Å². The zero-order valence-electron chi connectivity index (χ0n) is 14.2. The maximum absolute atomic E-state index is 11.9. The van der Waals surface area contributed by atoms with Crippen molar-refractivity contribution in [2.45, 2.75) is 0 Å². The number of nitrogens with zero attached hydrogens (tertiary/aromatic N) is 4. The van der Waals surface area contributed by atoms with Crippen molar-refractivity contribution < 1.29 is 14.3 Å². The molecule has 8 heteroatoms. The minimum atomic E-state index is -0.454. The molecule has 0 aliphatic heterocycles. The number of carbonyl (C=O) groups is 1. The van der Waals surface area contributed by atoms with Crippen LogP contribution in [0.15, 0.2) is 60.7 Å². The highest BCUT2D eigenvalue weighted by Gasteiger charge is 2.14. The third kappa shape index (κ3) is 3.32. The minimum absolute atomic E-state index is 0.127. The molecule has 0 amide bonds. The molecule has 2 aromatic heterocycles. The second-order valence-electron chi connectivity index (χ2n) is 5.58. The summed E-state index contributed by atoms with van der Waals surface area (Å²) in [5.74, 6) is 0.285. The van der Waals surface area contributed by atoms with Gasteiger partial charge in [0.25, 0.3) is 0 Å². The Morgan fingerprint density at radius 1 is 1.04 bits per heavy atom. The van der Waals surface area contributed by atoms with E-state index in [9.17, 15) is 4.79 Å². The SMILES string of the molecule is COC(=O)c1ccc(-c2ccccc2)c(Oc2ccc3nnc(Cl)n3n2)c1. The summed E-state index contributed by atoms with van der Waals surface area (Å²) in [5.41, 5.74) is 2.61. The lowest BCUT2D eigenvalue weighted by atomic mass is 10.0. The number of fused-ring (bicyclic) bond motifs is 1. The topological polar surface area (TPSA) is 78.6 Å². The Balaban J connectivity index is 1.80. The summed E-state index contributed by atoms with van der Waals surface area (Å²) < 4.78 is 12.1. The molecule has 4 rings (SSSR count). The summed E-state index contributed by atoms with van der Waals surface area (Å²) in [6, 6.07) is 18.1. The zero-order chi connectivity index (χ0) is 18.8. The molecule has 2 heterocycles. The van der Waals surface area contributed by atoms with Gasteiger partial charge in [-0.1, -0.05) is 30.3 Å². The molecule has 0 radical (unpaired) electrons. The predicted octanol–water partition coefficient (Wildman–Crippen LogP) is 4.02. The van der Waals surface area contributed by atoms with E-state index in [0.717, 1.165) is 11.1 Å². The van der Waals surface area contributed by atoms with Crippen molar-refractivity contribution >= 4 is 23.2 Å². The van der Waals surface area contributed by atoms with Crippen LogP contribution in [0.25, 0.3) is 16.8 Å². The highest BCUT2D eigenvalue weighted by Crippen LogP contribution is 2.34. The van der Waals surface area contributed by atoms with E-state index in [1.165, 1.54) is 11.6 Å². The predicted molar refractivity (Wildman–Crippen MR) is 99.1 cm³/mol. The van der Waals surface area contributed by atoms with Gasteiger partial charge in [-0.05, 0) is 41.4 Å². The van der Waals surface area contributed by atoms with Crippen LogP contribution in [0.2, 0.25) is 5.28 Å². The number of ether oxygens (including phenoxy) is 2. The molecule has 0 aliphatic rings. The van der Waals surface area contributed by atoms with E-state index in [-0.39, 0.29) is 11.2 Å². The fourth-order valence-electron chi connectivity index (χ4n) is 2.62. The summed E-state index contributed by atoms with van der Waals surface area (Å²) in [5, 5.41) is 12.0. The molecule has 27 heavy (non-hydrogen) atoms. The van der Waals surface area contributed by atoms with Crippen LogP contribution in [0.3, 0.4) is 0 Å². The molecule has 0 spiro atoms. The van der Waals surface area contributed by atoms with Crippen molar-refractivity contribution in [3.05, 3.63) is 71.5 Å². The Hall–Kier alpha value is -3.45. The largest absolute Gasteiger partial charge is 0.465 e. The van der Waals surface area contributed by atoms with Gasteiger partial charge in [0.2, 0.25) is 11.2 Å². The van der Waals surface area contributed by atoms with Gasteiger partial charge in [-0.3, -0.25) is 0 Å². The maximum atomic E-state index is 11.9. The van der Waals surface area contributed by atoms with Gasteiger partial charge in [-0.15, -0.1) is 15.3 Å². The van der Waals surface area contributed by atoms with E-state index in [2.05, 4.69) is 15.3 Å². The van der Waals surface area contributed by atoms with Gasteiger partial charge in [0.15, 0.2) is 5.65 Å². The van der Waals surface area contributed by atoms with Crippen molar-refractivity contribution in [2.24, 2.45) is 0 Å². The molecule has 0 saturated carbocycles. The number of halogens is 1. The standard InChI is InChI=1S/C19H13ClN4O3/c1-26-18(25)13-7-8-14(12-5-3-2-4-6-12)15(11-13)27-17-10-9-16-21-22-19(20)24(16)23-17/h2-11H,1H3. The van der Waals surface area contributed by atoms with E-state index >= 15 is 0 Å². The highest BCUT2D eigenvalue weighted by atomic mass is 35.5. The fourth-order valence-corrected chi connectivity index (χ4v) is 2.78. The average Bonchev–Trinajstić information content (AvgIpc) is 3.08. The first kappa shape index (κ1) is 17.0. The van der Waals surface area contributed by atoms with E-state index in [1.54, 1.807) is 30.3 Å².